The van der Waals surface area contributed by atoms with Crippen LogP contribution in [0.15, 0.2) is 42.5 Å². The van der Waals surface area contributed by atoms with Crippen molar-refractivity contribution in [1.82, 2.24) is 5.32 Å². The second kappa shape index (κ2) is 6.19. The summed E-state index contributed by atoms with van der Waals surface area (Å²) in [4.78, 5) is 0. The zero-order valence-corrected chi connectivity index (χ0v) is 12.6. The normalized spacial score (nSPS) is 12.7. The predicted molar refractivity (Wildman–Crippen MR) is 82.6 cm³/mol. The van der Waals surface area contributed by atoms with Gasteiger partial charge >= 0.3 is 0 Å². The standard InChI is InChI=1S/C18H22FN/c1-12(2)14-6-8-15(9-7-14)18(20-4)16-11-13(3)5-10-17(16)19/h5-12,18,20H,1-4H3. The first-order valence-corrected chi connectivity index (χ1v) is 7.06. The Bertz CT molecular complexity index is 572. The molecule has 2 aromatic rings. The predicted octanol–water partition coefficient (Wildman–Crippen LogP) is 4.57. The molecule has 0 aromatic heterocycles. The molecule has 0 aliphatic carbocycles. The Balaban J connectivity index is 2.39. The van der Waals surface area contributed by atoms with Gasteiger partial charge in [-0.05, 0) is 37.1 Å². The molecule has 2 heteroatoms. The first-order chi connectivity index (χ1) is 9.52. The minimum atomic E-state index is -0.164. The molecule has 0 bridgehead atoms. The number of benzene rings is 2. The Morgan fingerprint density at radius 2 is 1.55 bits per heavy atom. The van der Waals surface area contributed by atoms with Crippen molar-refractivity contribution < 1.29 is 4.39 Å². The number of halogens is 1. The molecule has 2 aromatic carbocycles. The largest absolute Gasteiger partial charge is 0.309 e. The molecular weight excluding hydrogens is 249 g/mol. The van der Waals surface area contributed by atoms with Crippen molar-refractivity contribution in [2.75, 3.05) is 7.05 Å². The van der Waals surface area contributed by atoms with Crippen molar-refractivity contribution in [2.45, 2.75) is 32.7 Å². The van der Waals surface area contributed by atoms with Gasteiger partial charge < -0.3 is 5.32 Å². The van der Waals surface area contributed by atoms with Gasteiger partial charge in [0, 0.05) is 5.56 Å². The van der Waals surface area contributed by atoms with E-state index in [2.05, 4.69) is 43.4 Å². The lowest BCUT2D eigenvalue weighted by Gasteiger charge is -2.19. The number of hydrogen-bond donors (Lipinski definition) is 1. The fourth-order valence-electron chi connectivity index (χ4n) is 2.46. The molecule has 1 nitrogen and oxygen atoms in total. The van der Waals surface area contributed by atoms with Crippen LogP contribution < -0.4 is 5.32 Å². The molecule has 0 aliphatic heterocycles. The Morgan fingerprint density at radius 3 is 2.10 bits per heavy atom. The molecule has 0 saturated carbocycles. The van der Waals surface area contributed by atoms with Gasteiger partial charge in [0.05, 0.1) is 6.04 Å². The van der Waals surface area contributed by atoms with Crippen molar-refractivity contribution >= 4 is 0 Å². The molecule has 1 unspecified atom stereocenters. The second-order valence-corrected chi connectivity index (χ2v) is 5.57. The number of nitrogens with one attached hydrogen (secondary N) is 1. The maximum Gasteiger partial charge on any atom is 0.128 e. The van der Waals surface area contributed by atoms with E-state index in [-0.39, 0.29) is 11.9 Å². The highest BCUT2D eigenvalue weighted by Crippen LogP contribution is 2.26. The van der Waals surface area contributed by atoms with Crippen molar-refractivity contribution in [3.8, 4) is 0 Å². The Morgan fingerprint density at radius 1 is 0.950 bits per heavy atom. The smallest absolute Gasteiger partial charge is 0.128 e. The van der Waals surface area contributed by atoms with E-state index in [1.54, 1.807) is 6.07 Å². The minimum absolute atomic E-state index is 0.115. The van der Waals surface area contributed by atoms with Crippen LogP contribution in [0.3, 0.4) is 0 Å². The van der Waals surface area contributed by atoms with Crippen LogP contribution in [0.4, 0.5) is 4.39 Å². The summed E-state index contributed by atoms with van der Waals surface area (Å²) in [7, 11) is 1.86. The average Bonchev–Trinajstić information content (AvgIpc) is 2.44. The SMILES string of the molecule is CNC(c1ccc(C(C)C)cc1)c1cc(C)ccc1F. The van der Waals surface area contributed by atoms with Crippen LogP contribution in [0, 0.1) is 12.7 Å². The van der Waals surface area contributed by atoms with Crippen LogP contribution in [0.1, 0.15) is 48.1 Å². The van der Waals surface area contributed by atoms with Crippen LogP contribution in [-0.4, -0.2) is 7.05 Å². The lowest BCUT2D eigenvalue weighted by Crippen LogP contribution is -2.19. The molecule has 0 amide bonds. The van der Waals surface area contributed by atoms with E-state index in [9.17, 15) is 4.39 Å². The van der Waals surface area contributed by atoms with Crippen LogP contribution in [0.2, 0.25) is 0 Å². The van der Waals surface area contributed by atoms with Gasteiger partial charge in [-0.1, -0.05) is 55.8 Å². The monoisotopic (exact) mass is 271 g/mol. The van der Waals surface area contributed by atoms with Gasteiger partial charge in [0.1, 0.15) is 5.82 Å². The summed E-state index contributed by atoms with van der Waals surface area (Å²) in [6, 6.07) is 13.5. The summed E-state index contributed by atoms with van der Waals surface area (Å²) < 4.78 is 14.1. The van der Waals surface area contributed by atoms with Crippen molar-refractivity contribution in [1.29, 1.82) is 0 Å². The van der Waals surface area contributed by atoms with Gasteiger partial charge in [-0.25, -0.2) is 4.39 Å². The number of hydrogen-bond acceptors (Lipinski definition) is 1. The Kier molecular flexibility index (Phi) is 4.56. The number of aryl methyl sites for hydroxylation is 1. The lowest BCUT2D eigenvalue weighted by atomic mass is 9.94. The van der Waals surface area contributed by atoms with E-state index in [1.807, 2.05) is 20.0 Å². The van der Waals surface area contributed by atoms with Crippen molar-refractivity contribution in [3.05, 3.63) is 70.5 Å². The molecule has 106 valence electrons. The van der Waals surface area contributed by atoms with Gasteiger partial charge in [0.15, 0.2) is 0 Å². The summed E-state index contributed by atoms with van der Waals surface area (Å²) in [6.45, 7) is 6.33. The zero-order chi connectivity index (χ0) is 14.7. The first kappa shape index (κ1) is 14.7. The van der Waals surface area contributed by atoms with Gasteiger partial charge in [-0.3, -0.25) is 0 Å². The summed E-state index contributed by atoms with van der Waals surface area (Å²) in [6.07, 6.45) is 0. The average molecular weight is 271 g/mol. The fraction of sp³-hybridized carbons (Fsp3) is 0.333. The Labute approximate surface area is 120 Å². The van der Waals surface area contributed by atoms with Gasteiger partial charge in [-0.15, -0.1) is 0 Å². The van der Waals surface area contributed by atoms with Gasteiger partial charge in [0.25, 0.3) is 0 Å². The minimum Gasteiger partial charge on any atom is -0.309 e. The van der Waals surface area contributed by atoms with Crippen molar-refractivity contribution in [2.24, 2.45) is 0 Å². The molecule has 1 N–H and O–H groups in total. The summed E-state index contributed by atoms with van der Waals surface area (Å²) >= 11 is 0. The van der Waals surface area contributed by atoms with Gasteiger partial charge in [0.2, 0.25) is 0 Å². The van der Waals surface area contributed by atoms with Crippen LogP contribution in [0.25, 0.3) is 0 Å². The zero-order valence-electron chi connectivity index (χ0n) is 12.6. The quantitative estimate of drug-likeness (QED) is 0.859. The molecule has 0 spiro atoms. The lowest BCUT2D eigenvalue weighted by molar-refractivity contribution is 0.575. The maximum absolute atomic E-state index is 14.1. The highest BCUT2D eigenvalue weighted by molar-refractivity contribution is 5.36. The van der Waals surface area contributed by atoms with Crippen LogP contribution in [0.5, 0.6) is 0 Å². The molecule has 0 heterocycles. The summed E-state index contributed by atoms with van der Waals surface area (Å²) in [5, 5.41) is 3.21. The van der Waals surface area contributed by atoms with Crippen LogP contribution >= 0.6 is 0 Å². The van der Waals surface area contributed by atoms with E-state index in [1.165, 1.54) is 11.6 Å². The maximum atomic E-state index is 14.1. The molecule has 0 radical (unpaired) electrons. The fourth-order valence-corrected chi connectivity index (χ4v) is 2.46. The third-order valence-corrected chi connectivity index (χ3v) is 3.69. The summed E-state index contributed by atoms with van der Waals surface area (Å²) in [5.74, 6) is 0.343. The van der Waals surface area contributed by atoms with Crippen molar-refractivity contribution in [3.63, 3.8) is 0 Å². The Hall–Kier alpha value is -1.67. The van der Waals surface area contributed by atoms with E-state index < -0.39 is 0 Å². The molecule has 0 saturated heterocycles. The van der Waals surface area contributed by atoms with E-state index in [0.29, 0.717) is 11.5 Å². The highest BCUT2D eigenvalue weighted by Gasteiger charge is 2.16. The molecule has 2 rings (SSSR count). The molecule has 1 atom stereocenters. The molecule has 0 fully saturated rings. The van der Waals surface area contributed by atoms with Crippen LogP contribution in [-0.2, 0) is 0 Å². The summed E-state index contributed by atoms with van der Waals surface area (Å²) in [5.41, 5.74) is 4.15. The number of rotatable bonds is 4. The molecule has 20 heavy (non-hydrogen) atoms. The topological polar surface area (TPSA) is 12.0 Å². The highest BCUT2D eigenvalue weighted by atomic mass is 19.1. The van der Waals surface area contributed by atoms with E-state index >= 15 is 0 Å². The van der Waals surface area contributed by atoms with E-state index in [4.69, 9.17) is 0 Å². The second-order valence-electron chi connectivity index (χ2n) is 5.57. The van der Waals surface area contributed by atoms with E-state index in [0.717, 1.165) is 11.1 Å². The molecule has 0 aliphatic rings. The molecular formula is C18H22FN. The third-order valence-electron chi connectivity index (χ3n) is 3.69. The third kappa shape index (κ3) is 3.07. The van der Waals surface area contributed by atoms with Gasteiger partial charge in [-0.2, -0.15) is 0 Å². The first-order valence-electron chi connectivity index (χ1n) is 7.06.